The molecule has 0 radical (unpaired) electrons. The zero-order chi connectivity index (χ0) is 18.4. The summed E-state index contributed by atoms with van der Waals surface area (Å²) in [7, 11) is 0. The van der Waals surface area contributed by atoms with Crippen molar-refractivity contribution in [2.75, 3.05) is 23.7 Å². The number of amides is 3. The zero-order valence-corrected chi connectivity index (χ0v) is 15.9. The molecule has 2 heterocycles. The predicted molar refractivity (Wildman–Crippen MR) is 107 cm³/mol. The van der Waals surface area contributed by atoms with Gasteiger partial charge in [-0.1, -0.05) is 19.8 Å². The Hall–Kier alpha value is -2.34. The number of carbonyl (C=O) groups is 2. The molecule has 0 saturated carbocycles. The number of benzene rings is 1. The first-order valence-electron chi connectivity index (χ1n) is 9.21. The van der Waals surface area contributed by atoms with Crippen molar-refractivity contribution in [3.05, 3.63) is 46.2 Å². The Labute approximate surface area is 158 Å². The van der Waals surface area contributed by atoms with Gasteiger partial charge in [0.1, 0.15) is 0 Å². The SMILES string of the molecule is CCc1ccsc1C(=O)Nc1ccc(NC(=O)N2CCCCCC2)cc1. The molecule has 1 aliphatic rings. The third-order valence-electron chi connectivity index (χ3n) is 4.62. The molecule has 1 saturated heterocycles. The fraction of sp³-hybridized carbons (Fsp3) is 0.400. The first-order chi connectivity index (χ1) is 12.7. The van der Waals surface area contributed by atoms with Crippen molar-refractivity contribution in [1.82, 2.24) is 4.90 Å². The van der Waals surface area contributed by atoms with E-state index in [1.54, 1.807) is 0 Å². The lowest BCUT2D eigenvalue weighted by molar-refractivity contribution is 0.102. The van der Waals surface area contributed by atoms with Crippen molar-refractivity contribution >= 4 is 34.6 Å². The van der Waals surface area contributed by atoms with Crippen LogP contribution in [0.25, 0.3) is 0 Å². The molecule has 0 aliphatic carbocycles. The summed E-state index contributed by atoms with van der Waals surface area (Å²) < 4.78 is 0. The molecule has 2 aromatic rings. The molecule has 2 N–H and O–H groups in total. The van der Waals surface area contributed by atoms with E-state index >= 15 is 0 Å². The average Bonchev–Trinajstić information content (AvgIpc) is 2.97. The first kappa shape index (κ1) is 18.5. The van der Waals surface area contributed by atoms with Gasteiger partial charge in [-0.3, -0.25) is 4.79 Å². The van der Waals surface area contributed by atoms with Crippen molar-refractivity contribution in [1.29, 1.82) is 0 Å². The quantitative estimate of drug-likeness (QED) is 0.797. The standard InChI is InChI=1S/C20H25N3O2S/c1-2-15-11-14-26-18(15)19(24)21-16-7-9-17(10-8-16)22-20(25)23-12-5-3-4-6-13-23/h7-11,14H,2-6,12-13H2,1H3,(H,21,24)(H,22,25). The average molecular weight is 372 g/mol. The van der Waals surface area contributed by atoms with Gasteiger partial charge in [0.2, 0.25) is 0 Å². The normalized spacial score (nSPS) is 14.6. The Morgan fingerprint density at radius 3 is 2.19 bits per heavy atom. The number of nitrogens with zero attached hydrogens (tertiary/aromatic N) is 1. The minimum absolute atomic E-state index is 0.0464. The molecule has 3 rings (SSSR count). The minimum atomic E-state index is -0.0850. The number of hydrogen-bond donors (Lipinski definition) is 2. The molecule has 0 bridgehead atoms. The van der Waals surface area contributed by atoms with Crippen LogP contribution in [0.5, 0.6) is 0 Å². The van der Waals surface area contributed by atoms with E-state index in [2.05, 4.69) is 10.6 Å². The summed E-state index contributed by atoms with van der Waals surface area (Å²) in [6.45, 7) is 3.68. The summed E-state index contributed by atoms with van der Waals surface area (Å²) in [4.78, 5) is 27.4. The Bertz CT molecular complexity index is 747. The Morgan fingerprint density at radius 1 is 0.962 bits per heavy atom. The van der Waals surface area contributed by atoms with Crippen LogP contribution in [0.4, 0.5) is 16.2 Å². The maximum atomic E-state index is 12.4. The molecule has 1 fully saturated rings. The lowest BCUT2D eigenvalue weighted by atomic mass is 10.2. The van der Waals surface area contributed by atoms with E-state index in [1.807, 2.05) is 47.5 Å². The van der Waals surface area contributed by atoms with Crippen LogP contribution in [-0.2, 0) is 6.42 Å². The van der Waals surface area contributed by atoms with Gasteiger partial charge >= 0.3 is 6.03 Å². The van der Waals surface area contributed by atoms with E-state index in [-0.39, 0.29) is 11.9 Å². The van der Waals surface area contributed by atoms with Crippen LogP contribution in [-0.4, -0.2) is 29.9 Å². The number of carbonyl (C=O) groups excluding carboxylic acids is 2. The third kappa shape index (κ3) is 4.64. The van der Waals surface area contributed by atoms with Crippen LogP contribution in [0.3, 0.4) is 0 Å². The van der Waals surface area contributed by atoms with Gasteiger partial charge in [-0.15, -0.1) is 11.3 Å². The first-order valence-corrected chi connectivity index (χ1v) is 10.1. The van der Waals surface area contributed by atoms with Gasteiger partial charge in [-0.2, -0.15) is 0 Å². The fourth-order valence-corrected chi connectivity index (χ4v) is 4.00. The molecule has 0 spiro atoms. The van der Waals surface area contributed by atoms with Crippen LogP contribution in [0.15, 0.2) is 35.7 Å². The molecule has 3 amide bonds. The van der Waals surface area contributed by atoms with Gasteiger partial charge in [0.05, 0.1) is 4.88 Å². The number of rotatable bonds is 4. The fourth-order valence-electron chi connectivity index (χ4n) is 3.11. The molecule has 1 aliphatic heterocycles. The van der Waals surface area contributed by atoms with Crippen LogP contribution < -0.4 is 10.6 Å². The maximum Gasteiger partial charge on any atom is 0.321 e. The van der Waals surface area contributed by atoms with Gasteiger partial charge in [-0.25, -0.2) is 4.79 Å². The smallest absolute Gasteiger partial charge is 0.321 e. The van der Waals surface area contributed by atoms with Crippen molar-refractivity contribution in [3.8, 4) is 0 Å². The molecule has 6 heteroatoms. The van der Waals surface area contributed by atoms with E-state index in [1.165, 1.54) is 24.2 Å². The highest BCUT2D eigenvalue weighted by molar-refractivity contribution is 7.12. The summed E-state index contributed by atoms with van der Waals surface area (Å²) in [5.74, 6) is -0.0850. The van der Waals surface area contributed by atoms with Crippen molar-refractivity contribution in [2.45, 2.75) is 39.0 Å². The van der Waals surface area contributed by atoms with E-state index in [4.69, 9.17) is 0 Å². The molecule has 26 heavy (non-hydrogen) atoms. The zero-order valence-electron chi connectivity index (χ0n) is 15.1. The largest absolute Gasteiger partial charge is 0.325 e. The Kier molecular flexibility index (Phi) is 6.28. The Morgan fingerprint density at radius 2 is 1.58 bits per heavy atom. The minimum Gasteiger partial charge on any atom is -0.325 e. The van der Waals surface area contributed by atoms with Gasteiger partial charge in [0, 0.05) is 24.5 Å². The highest BCUT2D eigenvalue weighted by atomic mass is 32.1. The summed E-state index contributed by atoms with van der Waals surface area (Å²) in [6.07, 6.45) is 5.37. The molecular weight excluding hydrogens is 346 g/mol. The predicted octanol–water partition coefficient (Wildman–Crippen LogP) is 4.97. The van der Waals surface area contributed by atoms with Gasteiger partial charge in [0.15, 0.2) is 0 Å². The lowest BCUT2D eigenvalue weighted by Gasteiger charge is -2.20. The molecule has 0 unspecified atom stereocenters. The second kappa shape index (κ2) is 8.85. The van der Waals surface area contributed by atoms with E-state index in [0.29, 0.717) is 0 Å². The summed E-state index contributed by atoms with van der Waals surface area (Å²) >= 11 is 1.46. The molecule has 5 nitrogen and oxygen atoms in total. The van der Waals surface area contributed by atoms with E-state index in [9.17, 15) is 9.59 Å². The highest BCUT2D eigenvalue weighted by Crippen LogP contribution is 2.21. The van der Waals surface area contributed by atoms with Crippen molar-refractivity contribution in [3.63, 3.8) is 0 Å². The second-order valence-corrected chi connectivity index (χ2v) is 7.41. The summed E-state index contributed by atoms with van der Waals surface area (Å²) in [5, 5.41) is 7.80. The molecule has 138 valence electrons. The number of thiophene rings is 1. The highest BCUT2D eigenvalue weighted by Gasteiger charge is 2.16. The van der Waals surface area contributed by atoms with E-state index < -0.39 is 0 Å². The van der Waals surface area contributed by atoms with Crippen LogP contribution in [0.2, 0.25) is 0 Å². The molecule has 1 aromatic heterocycles. The van der Waals surface area contributed by atoms with Gasteiger partial charge in [-0.05, 0) is 60.5 Å². The van der Waals surface area contributed by atoms with Gasteiger partial charge in [0.25, 0.3) is 5.91 Å². The van der Waals surface area contributed by atoms with Crippen LogP contribution in [0, 0.1) is 0 Å². The maximum absolute atomic E-state index is 12.4. The number of hydrogen-bond acceptors (Lipinski definition) is 3. The number of urea groups is 1. The number of anilines is 2. The van der Waals surface area contributed by atoms with Crippen molar-refractivity contribution in [2.24, 2.45) is 0 Å². The Balaban J connectivity index is 1.58. The number of nitrogens with one attached hydrogen (secondary N) is 2. The second-order valence-electron chi connectivity index (χ2n) is 6.49. The summed E-state index contributed by atoms with van der Waals surface area (Å²) in [6, 6.07) is 9.21. The third-order valence-corrected chi connectivity index (χ3v) is 5.58. The van der Waals surface area contributed by atoms with E-state index in [0.717, 1.165) is 54.2 Å². The number of likely N-dealkylation sites (tertiary alicyclic amines) is 1. The van der Waals surface area contributed by atoms with Gasteiger partial charge < -0.3 is 15.5 Å². The molecule has 1 aromatic carbocycles. The van der Waals surface area contributed by atoms with Crippen LogP contribution in [0.1, 0.15) is 47.8 Å². The molecule has 0 atom stereocenters. The van der Waals surface area contributed by atoms with Crippen molar-refractivity contribution < 1.29 is 9.59 Å². The molecular formula is C20H25N3O2S. The lowest BCUT2D eigenvalue weighted by Crippen LogP contribution is -2.35. The topological polar surface area (TPSA) is 61.4 Å². The summed E-state index contributed by atoms with van der Waals surface area (Å²) in [5.41, 5.74) is 2.52. The number of aryl methyl sites for hydroxylation is 1. The van der Waals surface area contributed by atoms with Crippen LogP contribution >= 0.6 is 11.3 Å². The monoisotopic (exact) mass is 371 g/mol.